The first kappa shape index (κ1) is 14.7. The summed E-state index contributed by atoms with van der Waals surface area (Å²) in [6, 6.07) is 0. The molecule has 7 heteroatoms. The zero-order valence-electron chi connectivity index (χ0n) is 11.0. The summed E-state index contributed by atoms with van der Waals surface area (Å²) in [6.07, 6.45) is 3.23. The van der Waals surface area contributed by atoms with Gasteiger partial charge in [0.2, 0.25) is 5.91 Å². The van der Waals surface area contributed by atoms with Crippen molar-refractivity contribution in [2.75, 3.05) is 6.54 Å². The van der Waals surface area contributed by atoms with Crippen molar-refractivity contribution in [1.29, 1.82) is 0 Å². The van der Waals surface area contributed by atoms with Crippen LogP contribution in [-0.2, 0) is 14.3 Å². The monoisotopic (exact) mass is 296 g/mol. The lowest BCUT2D eigenvalue weighted by Gasteiger charge is -2.11. The van der Waals surface area contributed by atoms with E-state index in [1.807, 2.05) is 12.3 Å². The molecule has 1 aliphatic rings. The van der Waals surface area contributed by atoms with Gasteiger partial charge in [-0.05, 0) is 25.8 Å². The summed E-state index contributed by atoms with van der Waals surface area (Å²) >= 11 is 1.52. The Labute approximate surface area is 120 Å². The Morgan fingerprint density at radius 3 is 3.00 bits per heavy atom. The average Bonchev–Trinajstić information content (AvgIpc) is 3.03. The van der Waals surface area contributed by atoms with Crippen LogP contribution in [0.1, 0.15) is 23.5 Å². The molecule has 1 aliphatic heterocycles. The van der Waals surface area contributed by atoms with Crippen LogP contribution in [0.25, 0.3) is 6.08 Å². The lowest BCUT2D eigenvalue weighted by molar-refractivity contribution is -0.149. The Kier molecular flexibility index (Phi) is 4.86. The largest absolute Gasteiger partial charge is 0.479 e. The molecule has 6 nitrogen and oxygen atoms in total. The van der Waals surface area contributed by atoms with Gasteiger partial charge in [0.15, 0.2) is 6.10 Å². The van der Waals surface area contributed by atoms with Crippen molar-refractivity contribution in [2.24, 2.45) is 0 Å². The van der Waals surface area contributed by atoms with E-state index in [1.54, 1.807) is 6.08 Å². The van der Waals surface area contributed by atoms with Crippen LogP contribution in [0.2, 0.25) is 0 Å². The Morgan fingerprint density at radius 1 is 1.60 bits per heavy atom. The standard InChI is InChI=1S/C13H16N2O4S/c1-8-15-9(7-20-8)2-5-12(16)14-6-10-3-4-11(19-10)13(17)18/h2,5,7,10-11H,3-4,6H2,1H3,(H,14,16)(H,17,18)/b5-2+. The topological polar surface area (TPSA) is 88.5 Å². The highest BCUT2D eigenvalue weighted by atomic mass is 32.1. The predicted octanol–water partition coefficient (Wildman–Crippen LogP) is 1.21. The number of rotatable bonds is 5. The van der Waals surface area contributed by atoms with Gasteiger partial charge in [-0.25, -0.2) is 9.78 Å². The third-order valence-corrected chi connectivity index (χ3v) is 3.72. The summed E-state index contributed by atoms with van der Waals surface area (Å²) in [6.45, 7) is 2.22. The maximum absolute atomic E-state index is 11.6. The molecule has 2 unspecified atom stereocenters. The molecule has 0 radical (unpaired) electrons. The van der Waals surface area contributed by atoms with E-state index >= 15 is 0 Å². The molecule has 1 amide bonds. The minimum absolute atomic E-state index is 0.227. The number of carboxylic acid groups (broad SMARTS) is 1. The predicted molar refractivity (Wildman–Crippen MR) is 74.4 cm³/mol. The molecule has 0 bridgehead atoms. The van der Waals surface area contributed by atoms with Crippen molar-refractivity contribution in [3.63, 3.8) is 0 Å². The lowest BCUT2D eigenvalue weighted by Crippen LogP contribution is -2.32. The van der Waals surface area contributed by atoms with Gasteiger partial charge in [0.05, 0.1) is 16.8 Å². The van der Waals surface area contributed by atoms with Crippen molar-refractivity contribution in [1.82, 2.24) is 10.3 Å². The first-order valence-corrected chi connectivity index (χ1v) is 7.19. The Balaban J connectivity index is 1.73. The summed E-state index contributed by atoms with van der Waals surface area (Å²) < 4.78 is 5.29. The molecule has 2 rings (SSSR count). The lowest BCUT2D eigenvalue weighted by atomic mass is 10.2. The van der Waals surface area contributed by atoms with E-state index in [2.05, 4.69) is 10.3 Å². The van der Waals surface area contributed by atoms with Gasteiger partial charge >= 0.3 is 5.97 Å². The molecule has 1 aromatic rings. The SMILES string of the molecule is Cc1nc(/C=C/C(=O)NCC2CCC(C(=O)O)O2)cs1. The number of nitrogens with one attached hydrogen (secondary N) is 1. The first-order valence-electron chi connectivity index (χ1n) is 6.31. The first-order chi connectivity index (χ1) is 9.54. The maximum Gasteiger partial charge on any atom is 0.332 e. The minimum atomic E-state index is -0.947. The number of aryl methyl sites for hydroxylation is 1. The second-order valence-corrected chi connectivity index (χ2v) is 5.59. The number of hydrogen-bond donors (Lipinski definition) is 2. The van der Waals surface area contributed by atoms with Crippen LogP contribution in [0.15, 0.2) is 11.5 Å². The number of hydrogen-bond acceptors (Lipinski definition) is 5. The highest BCUT2D eigenvalue weighted by Crippen LogP contribution is 2.19. The van der Waals surface area contributed by atoms with Crippen molar-refractivity contribution >= 4 is 29.3 Å². The van der Waals surface area contributed by atoms with Crippen LogP contribution in [-0.4, -0.2) is 40.7 Å². The third kappa shape index (κ3) is 4.14. The van der Waals surface area contributed by atoms with Crippen LogP contribution >= 0.6 is 11.3 Å². The zero-order valence-corrected chi connectivity index (χ0v) is 11.9. The molecule has 20 heavy (non-hydrogen) atoms. The van der Waals surface area contributed by atoms with Crippen molar-refractivity contribution in [3.05, 3.63) is 22.2 Å². The number of aliphatic carboxylic acids is 1. The molecule has 0 aliphatic carbocycles. The highest BCUT2D eigenvalue weighted by Gasteiger charge is 2.30. The van der Waals surface area contributed by atoms with Gasteiger partial charge in [-0.15, -0.1) is 11.3 Å². The fraction of sp³-hybridized carbons (Fsp3) is 0.462. The molecule has 0 saturated carbocycles. The fourth-order valence-electron chi connectivity index (χ4n) is 1.93. The van der Waals surface area contributed by atoms with Crippen LogP contribution in [0, 0.1) is 6.92 Å². The quantitative estimate of drug-likeness (QED) is 0.797. The van der Waals surface area contributed by atoms with E-state index < -0.39 is 12.1 Å². The highest BCUT2D eigenvalue weighted by molar-refractivity contribution is 7.09. The fourth-order valence-corrected chi connectivity index (χ4v) is 2.51. The summed E-state index contributed by atoms with van der Waals surface area (Å²) in [4.78, 5) is 26.5. The minimum Gasteiger partial charge on any atom is -0.479 e. The Hall–Kier alpha value is -1.73. The van der Waals surface area contributed by atoms with Crippen LogP contribution < -0.4 is 5.32 Å². The molecule has 108 valence electrons. The van der Waals surface area contributed by atoms with Crippen LogP contribution in [0.4, 0.5) is 0 Å². The molecule has 1 saturated heterocycles. The summed E-state index contributed by atoms with van der Waals surface area (Å²) in [5.74, 6) is -1.18. The molecular formula is C13H16N2O4S. The number of thiazole rings is 1. The third-order valence-electron chi connectivity index (χ3n) is 2.93. The van der Waals surface area contributed by atoms with Crippen LogP contribution in [0.5, 0.6) is 0 Å². The normalized spacial score (nSPS) is 22.2. The molecule has 0 spiro atoms. The van der Waals surface area contributed by atoms with Gasteiger partial charge in [-0.2, -0.15) is 0 Å². The van der Waals surface area contributed by atoms with E-state index in [1.165, 1.54) is 17.4 Å². The smallest absolute Gasteiger partial charge is 0.332 e. The molecule has 2 heterocycles. The molecular weight excluding hydrogens is 280 g/mol. The zero-order chi connectivity index (χ0) is 14.5. The van der Waals surface area contributed by atoms with Crippen molar-refractivity contribution < 1.29 is 19.4 Å². The molecule has 1 aromatic heterocycles. The van der Waals surface area contributed by atoms with Crippen molar-refractivity contribution in [3.8, 4) is 0 Å². The van der Waals surface area contributed by atoms with E-state index in [-0.39, 0.29) is 12.0 Å². The number of amides is 1. The molecule has 0 aromatic carbocycles. The second-order valence-electron chi connectivity index (χ2n) is 4.53. The number of carbonyl (C=O) groups excluding carboxylic acids is 1. The molecule has 2 atom stereocenters. The summed E-state index contributed by atoms with van der Waals surface area (Å²) in [5, 5.41) is 14.3. The number of aromatic nitrogens is 1. The van der Waals surface area contributed by atoms with E-state index in [0.717, 1.165) is 10.7 Å². The molecule has 2 N–H and O–H groups in total. The van der Waals surface area contributed by atoms with Gasteiger partial charge in [0, 0.05) is 18.0 Å². The van der Waals surface area contributed by atoms with Gasteiger partial charge in [0.1, 0.15) is 0 Å². The molecule has 1 fully saturated rings. The number of carboxylic acids is 1. The summed E-state index contributed by atoms with van der Waals surface area (Å²) in [7, 11) is 0. The number of nitrogens with zero attached hydrogens (tertiary/aromatic N) is 1. The van der Waals surface area contributed by atoms with E-state index in [0.29, 0.717) is 19.4 Å². The Morgan fingerprint density at radius 2 is 2.40 bits per heavy atom. The Bertz CT molecular complexity index is 526. The van der Waals surface area contributed by atoms with Crippen molar-refractivity contribution in [2.45, 2.75) is 32.0 Å². The average molecular weight is 296 g/mol. The van der Waals surface area contributed by atoms with Gasteiger partial charge < -0.3 is 15.2 Å². The number of carbonyl (C=O) groups is 2. The number of ether oxygens (including phenoxy) is 1. The van der Waals surface area contributed by atoms with E-state index in [4.69, 9.17) is 9.84 Å². The summed E-state index contributed by atoms with van der Waals surface area (Å²) in [5.41, 5.74) is 0.755. The second kappa shape index (κ2) is 6.62. The van der Waals surface area contributed by atoms with Gasteiger partial charge in [-0.1, -0.05) is 0 Å². The van der Waals surface area contributed by atoms with Gasteiger partial charge in [0.25, 0.3) is 0 Å². The van der Waals surface area contributed by atoms with E-state index in [9.17, 15) is 9.59 Å². The maximum atomic E-state index is 11.6. The van der Waals surface area contributed by atoms with Gasteiger partial charge in [-0.3, -0.25) is 4.79 Å². The van der Waals surface area contributed by atoms with Crippen LogP contribution in [0.3, 0.4) is 0 Å².